The summed E-state index contributed by atoms with van der Waals surface area (Å²) in [6.45, 7) is 0. The molecule has 0 aromatic carbocycles. The number of hydrogen-bond donors (Lipinski definition) is 2. The highest BCUT2D eigenvalue weighted by atomic mass is 16.3. The van der Waals surface area contributed by atoms with Gasteiger partial charge in [0, 0.05) is 6.04 Å². The molecular weight excluding hydrogens is 290 g/mol. The number of piperidine rings is 1. The number of aliphatic hydroxyl groups is 1. The van der Waals surface area contributed by atoms with Gasteiger partial charge in [-0.1, -0.05) is 0 Å². The molecule has 0 spiro atoms. The average molecular weight is 315 g/mol. The van der Waals surface area contributed by atoms with Crippen LogP contribution in [-0.4, -0.2) is 39.6 Å². The largest absolute Gasteiger partial charge is 0.390 e. The molecular formula is C18H25N3O2. The van der Waals surface area contributed by atoms with E-state index in [1.807, 2.05) is 0 Å². The zero-order valence-electron chi connectivity index (χ0n) is 13.4. The fourth-order valence-corrected chi connectivity index (χ4v) is 6.96. The van der Waals surface area contributed by atoms with E-state index in [0.29, 0.717) is 24.2 Å². The molecule has 6 fully saturated rings. The molecule has 6 rings (SSSR count). The van der Waals surface area contributed by atoms with Crippen LogP contribution < -0.4 is 5.73 Å². The van der Waals surface area contributed by atoms with E-state index >= 15 is 0 Å². The van der Waals surface area contributed by atoms with E-state index in [9.17, 15) is 15.2 Å². The minimum absolute atomic E-state index is 0.0212. The van der Waals surface area contributed by atoms with Crippen LogP contribution in [0.4, 0.5) is 0 Å². The molecule has 0 radical (unpaired) electrons. The Labute approximate surface area is 136 Å². The van der Waals surface area contributed by atoms with Gasteiger partial charge in [0.15, 0.2) is 0 Å². The molecule has 5 saturated carbocycles. The third-order valence-electron chi connectivity index (χ3n) is 7.51. The van der Waals surface area contributed by atoms with Gasteiger partial charge in [-0.05, 0) is 74.5 Å². The number of hydrogen-bond acceptors (Lipinski definition) is 4. The smallest absolute Gasteiger partial charge is 0.241 e. The van der Waals surface area contributed by atoms with Crippen molar-refractivity contribution in [2.75, 3.05) is 0 Å². The van der Waals surface area contributed by atoms with Gasteiger partial charge in [0.2, 0.25) is 5.91 Å². The first-order valence-corrected chi connectivity index (χ1v) is 9.13. The Hall–Kier alpha value is -1.12. The lowest BCUT2D eigenvalue weighted by Gasteiger charge is -2.61. The fourth-order valence-electron chi connectivity index (χ4n) is 6.96. The van der Waals surface area contributed by atoms with Crippen molar-refractivity contribution in [1.29, 1.82) is 5.26 Å². The van der Waals surface area contributed by atoms with Crippen LogP contribution >= 0.6 is 0 Å². The second-order valence-corrected chi connectivity index (χ2v) is 9.21. The van der Waals surface area contributed by atoms with E-state index in [-0.39, 0.29) is 23.4 Å². The number of likely N-dealkylation sites (tertiary alicyclic amines) is 1. The van der Waals surface area contributed by atoms with Crippen LogP contribution in [0.3, 0.4) is 0 Å². The van der Waals surface area contributed by atoms with E-state index in [0.717, 1.165) is 38.5 Å². The van der Waals surface area contributed by atoms with Crippen molar-refractivity contribution in [3.63, 3.8) is 0 Å². The van der Waals surface area contributed by atoms with Gasteiger partial charge in [0.25, 0.3) is 0 Å². The maximum atomic E-state index is 13.1. The minimum atomic E-state index is -0.594. The van der Waals surface area contributed by atoms with Crippen LogP contribution in [0.15, 0.2) is 0 Å². The van der Waals surface area contributed by atoms with Crippen LogP contribution in [0.2, 0.25) is 0 Å². The van der Waals surface area contributed by atoms with Gasteiger partial charge in [-0.25, -0.2) is 0 Å². The lowest BCUT2D eigenvalue weighted by Crippen LogP contribution is -2.64. The summed E-state index contributed by atoms with van der Waals surface area (Å²) in [5.41, 5.74) is 5.71. The second kappa shape index (κ2) is 4.29. The number of rotatable bonds is 2. The zero-order chi connectivity index (χ0) is 16.0. The maximum absolute atomic E-state index is 13.1. The van der Waals surface area contributed by atoms with Crippen LogP contribution in [0.5, 0.6) is 0 Å². The third-order valence-corrected chi connectivity index (χ3v) is 7.51. The number of nitrogens with two attached hydrogens (primary N) is 1. The van der Waals surface area contributed by atoms with E-state index < -0.39 is 11.6 Å². The molecule has 0 aromatic heterocycles. The van der Waals surface area contributed by atoms with E-state index in [4.69, 9.17) is 5.73 Å². The first-order chi connectivity index (χ1) is 10.9. The second-order valence-electron chi connectivity index (χ2n) is 9.21. The van der Waals surface area contributed by atoms with Gasteiger partial charge in [-0.3, -0.25) is 4.79 Å². The molecule has 5 heteroatoms. The zero-order valence-corrected chi connectivity index (χ0v) is 13.4. The summed E-state index contributed by atoms with van der Waals surface area (Å²) in [6.07, 6.45) is 7.48. The van der Waals surface area contributed by atoms with Crippen molar-refractivity contribution in [2.24, 2.45) is 28.9 Å². The third kappa shape index (κ3) is 1.88. The Morgan fingerprint density at radius 2 is 1.91 bits per heavy atom. The number of nitrogens with zero attached hydrogens (tertiary/aromatic N) is 2. The van der Waals surface area contributed by atoms with Gasteiger partial charge >= 0.3 is 0 Å². The highest BCUT2D eigenvalue weighted by Gasteiger charge is 2.62. The Morgan fingerprint density at radius 1 is 1.22 bits per heavy atom. The van der Waals surface area contributed by atoms with Crippen molar-refractivity contribution >= 4 is 5.91 Å². The van der Waals surface area contributed by atoms with Crippen LogP contribution in [0, 0.1) is 34.5 Å². The minimum Gasteiger partial charge on any atom is -0.390 e. The van der Waals surface area contributed by atoms with Crippen LogP contribution in [0.25, 0.3) is 0 Å². The van der Waals surface area contributed by atoms with Crippen molar-refractivity contribution in [3.05, 3.63) is 0 Å². The molecule has 3 N–H and O–H groups in total. The van der Waals surface area contributed by atoms with Gasteiger partial charge in [-0.2, -0.15) is 5.26 Å². The fraction of sp³-hybridized carbons (Fsp3) is 0.889. The number of amides is 1. The van der Waals surface area contributed by atoms with E-state index in [1.165, 1.54) is 6.42 Å². The Balaban J connectivity index is 1.43. The predicted molar refractivity (Wildman–Crippen MR) is 82.8 cm³/mol. The lowest BCUT2D eigenvalue weighted by molar-refractivity contribution is -0.177. The molecule has 1 amide bonds. The van der Waals surface area contributed by atoms with Gasteiger partial charge in [0.05, 0.1) is 17.7 Å². The average Bonchev–Trinajstić information content (AvgIpc) is 3.14. The monoisotopic (exact) mass is 315 g/mol. The predicted octanol–water partition coefficient (Wildman–Crippen LogP) is 1.16. The SMILES string of the molecule is N#C[C@@H]1C[C@H]2C[C@H]2N1C(=O)[C@@H](N)C12CC3C[C@@H](CC(O)(C3)C1)C2. The number of nitriles is 1. The van der Waals surface area contributed by atoms with Crippen molar-refractivity contribution in [3.8, 4) is 6.07 Å². The van der Waals surface area contributed by atoms with Gasteiger partial charge in [-0.15, -0.1) is 0 Å². The number of fused-ring (bicyclic) bond motifs is 1. The molecule has 5 aliphatic carbocycles. The number of carbonyl (C=O) groups excluding carboxylic acids is 1. The summed E-state index contributed by atoms with van der Waals surface area (Å²) in [5.74, 6) is 1.56. The molecule has 1 heterocycles. The first-order valence-electron chi connectivity index (χ1n) is 9.13. The Morgan fingerprint density at radius 3 is 2.52 bits per heavy atom. The topological polar surface area (TPSA) is 90.4 Å². The first kappa shape index (κ1) is 14.2. The van der Waals surface area contributed by atoms with Crippen molar-refractivity contribution in [1.82, 2.24) is 4.90 Å². The summed E-state index contributed by atoms with van der Waals surface area (Å²) in [7, 11) is 0. The quantitative estimate of drug-likeness (QED) is 0.800. The normalized spacial score (nSPS) is 53.8. The summed E-state index contributed by atoms with van der Waals surface area (Å²) in [5, 5.41) is 20.2. The van der Waals surface area contributed by atoms with Crippen LogP contribution in [-0.2, 0) is 4.79 Å². The molecule has 4 bridgehead atoms. The molecule has 3 unspecified atom stereocenters. The highest BCUT2D eigenvalue weighted by molar-refractivity contribution is 5.84. The van der Waals surface area contributed by atoms with Crippen LogP contribution in [0.1, 0.15) is 51.4 Å². The van der Waals surface area contributed by atoms with Gasteiger partial charge < -0.3 is 15.7 Å². The van der Waals surface area contributed by atoms with Crippen molar-refractivity contribution < 1.29 is 9.90 Å². The lowest BCUT2D eigenvalue weighted by atomic mass is 9.46. The number of carbonyl (C=O) groups is 1. The summed E-state index contributed by atoms with van der Waals surface area (Å²) in [6, 6.07) is 1.72. The van der Waals surface area contributed by atoms with Gasteiger partial charge in [0.1, 0.15) is 6.04 Å². The molecule has 8 atom stereocenters. The summed E-state index contributed by atoms with van der Waals surface area (Å²) < 4.78 is 0. The Kier molecular flexibility index (Phi) is 2.65. The highest BCUT2D eigenvalue weighted by Crippen LogP contribution is 2.63. The van der Waals surface area contributed by atoms with E-state index in [1.54, 1.807) is 4.90 Å². The molecule has 1 aliphatic heterocycles. The molecule has 5 nitrogen and oxygen atoms in total. The molecule has 23 heavy (non-hydrogen) atoms. The maximum Gasteiger partial charge on any atom is 0.241 e. The standard InChI is InChI=1S/C18H25N3O2/c19-8-13-2-12-3-14(12)21(13)16(22)15(20)17-4-10-1-11(5-17)7-18(23,6-10)9-17/h10-15,23H,1-7,9,20H2/t10-,11?,12+,13+,14-,15-,17?,18?/m1/s1. The summed E-state index contributed by atoms with van der Waals surface area (Å²) >= 11 is 0. The summed E-state index contributed by atoms with van der Waals surface area (Å²) in [4.78, 5) is 14.9. The Bertz CT molecular complexity index is 598. The molecule has 124 valence electrons. The van der Waals surface area contributed by atoms with E-state index in [2.05, 4.69) is 6.07 Å². The molecule has 1 saturated heterocycles. The van der Waals surface area contributed by atoms with Crippen molar-refractivity contribution in [2.45, 2.75) is 75.1 Å². The molecule has 0 aromatic rings. The molecule has 6 aliphatic rings.